The Labute approximate surface area is 168 Å². The van der Waals surface area contributed by atoms with Crippen molar-refractivity contribution in [3.63, 3.8) is 0 Å². The monoisotopic (exact) mass is 417 g/mol. The van der Waals surface area contributed by atoms with Crippen molar-refractivity contribution in [3.05, 3.63) is 30.2 Å². The van der Waals surface area contributed by atoms with Gasteiger partial charge >= 0.3 is 0 Å². The number of fused-ring (bicyclic) bond motifs is 1. The molecule has 154 valence electrons. The van der Waals surface area contributed by atoms with Gasteiger partial charge in [-0.25, -0.2) is 12.7 Å². The van der Waals surface area contributed by atoms with Crippen LogP contribution in [-0.4, -0.2) is 64.7 Å². The zero-order chi connectivity index (χ0) is 20.0. The standard InChI is InChI=1S/C19H23N5O4S/c1-2-29(25,26)23-7-5-13(6-8-23)18-21-19(28-22-18)14-3-4-15-10-20-24(17(15)9-14)16-11-27-12-16/h3-4,9-10,13,16H,2,5-8,11-12H2,1H3. The first-order valence-corrected chi connectivity index (χ1v) is 11.5. The third-order valence-corrected chi connectivity index (χ3v) is 7.71. The van der Waals surface area contributed by atoms with Gasteiger partial charge in [0.05, 0.1) is 36.7 Å². The second-order valence-corrected chi connectivity index (χ2v) is 9.84. The molecule has 1 aromatic carbocycles. The lowest BCUT2D eigenvalue weighted by atomic mass is 9.97. The van der Waals surface area contributed by atoms with E-state index in [4.69, 9.17) is 9.26 Å². The van der Waals surface area contributed by atoms with Crippen LogP contribution in [0.2, 0.25) is 0 Å². The maximum atomic E-state index is 12.0. The molecule has 10 heteroatoms. The summed E-state index contributed by atoms with van der Waals surface area (Å²) in [4.78, 5) is 4.61. The second kappa shape index (κ2) is 7.19. The lowest BCUT2D eigenvalue weighted by Crippen LogP contribution is -2.38. The molecule has 3 aromatic rings. The van der Waals surface area contributed by atoms with Crippen molar-refractivity contribution in [2.45, 2.75) is 31.7 Å². The molecular formula is C19H23N5O4S. The van der Waals surface area contributed by atoms with Gasteiger partial charge in [-0.3, -0.25) is 4.68 Å². The molecule has 0 amide bonds. The first-order chi connectivity index (χ1) is 14.0. The lowest BCUT2D eigenvalue weighted by Gasteiger charge is -2.29. The molecule has 2 fully saturated rings. The van der Waals surface area contributed by atoms with Crippen LogP contribution in [0.25, 0.3) is 22.4 Å². The Morgan fingerprint density at radius 3 is 2.69 bits per heavy atom. The number of sulfonamides is 1. The highest BCUT2D eigenvalue weighted by Gasteiger charge is 2.30. The molecule has 2 aromatic heterocycles. The normalized spacial score (nSPS) is 19.6. The molecule has 0 unspecified atom stereocenters. The number of rotatable bonds is 5. The van der Waals surface area contributed by atoms with E-state index < -0.39 is 10.0 Å². The van der Waals surface area contributed by atoms with Crippen LogP contribution < -0.4 is 0 Å². The van der Waals surface area contributed by atoms with E-state index in [2.05, 4.69) is 15.2 Å². The van der Waals surface area contributed by atoms with Crippen LogP contribution in [-0.2, 0) is 14.8 Å². The van der Waals surface area contributed by atoms with Crippen molar-refractivity contribution in [2.75, 3.05) is 32.1 Å². The average Bonchev–Trinajstić information content (AvgIpc) is 3.34. The SMILES string of the molecule is CCS(=O)(=O)N1CCC(c2noc(-c3ccc4cnn(C5COC5)c4c3)n2)CC1. The Kier molecular flexibility index (Phi) is 4.64. The molecule has 2 aliphatic rings. The summed E-state index contributed by atoms with van der Waals surface area (Å²) in [5, 5.41) is 9.72. The zero-order valence-electron chi connectivity index (χ0n) is 16.2. The van der Waals surface area contributed by atoms with Gasteiger partial charge in [0, 0.05) is 30.0 Å². The molecule has 29 heavy (non-hydrogen) atoms. The van der Waals surface area contributed by atoms with Gasteiger partial charge in [0.2, 0.25) is 10.0 Å². The van der Waals surface area contributed by atoms with Crippen molar-refractivity contribution >= 4 is 20.9 Å². The quantitative estimate of drug-likeness (QED) is 0.627. The van der Waals surface area contributed by atoms with Gasteiger partial charge in [0.15, 0.2) is 5.82 Å². The summed E-state index contributed by atoms with van der Waals surface area (Å²) in [5.74, 6) is 1.37. The van der Waals surface area contributed by atoms with E-state index in [1.165, 1.54) is 0 Å². The molecule has 0 radical (unpaired) electrons. The Morgan fingerprint density at radius 2 is 2.00 bits per heavy atom. The highest BCUT2D eigenvalue weighted by Crippen LogP contribution is 2.31. The topological polar surface area (TPSA) is 103 Å². The van der Waals surface area contributed by atoms with Crippen molar-refractivity contribution in [3.8, 4) is 11.5 Å². The minimum Gasteiger partial charge on any atom is -0.377 e. The summed E-state index contributed by atoms with van der Waals surface area (Å²) in [5.41, 5.74) is 1.87. The first-order valence-electron chi connectivity index (χ1n) is 9.92. The van der Waals surface area contributed by atoms with Crippen LogP contribution in [0.4, 0.5) is 0 Å². The van der Waals surface area contributed by atoms with Gasteiger partial charge in [-0.1, -0.05) is 11.2 Å². The van der Waals surface area contributed by atoms with Gasteiger partial charge in [-0.15, -0.1) is 0 Å². The largest absolute Gasteiger partial charge is 0.377 e. The Hall–Kier alpha value is -2.30. The number of hydrogen-bond acceptors (Lipinski definition) is 7. The molecule has 2 aliphatic heterocycles. The summed E-state index contributed by atoms with van der Waals surface area (Å²) in [6.07, 6.45) is 3.26. The minimum atomic E-state index is -3.14. The maximum Gasteiger partial charge on any atom is 0.258 e. The summed E-state index contributed by atoms with van der Waals surface area (Å²) in [6, 6.07) is 6.25. The predicted molar refractivity (Wildman–Crippen MR) is 106 cm³/mol. The maximum absolute atomic E-state index is 12.0. The number of benzene rings is 1. The van der Waals surface area contributed by atoms with E-state index in [9.17, 15) is 8.42 Å². The van der Waals surface area contributed by atoms with Crippen molar-refractivity contribution < 1.29 is 17.7 Å². The third kappa shape index (κ3) is 3.34. The average molecular weight is 417 g/mol. The molecule has 0 atom stereocenters. The summed E-state index contributed by atoms with van der Waals surface area (Å²) in [6.45, 7) is 4.03. The fraction of sp³-hybridized carbons (Fsp3) is 0.526. The van der Waals surface area contributed by atoms with E-state index in [-0.39, 0.29) is 17.7 Å². The molecule has 0 saturated carbocycles. The number of nitrogens with zero attached hydrogens (tertiary/aromatic N) is 5. The van der Waals surface area contributed by atoms with Crippen LogP contribution >= 0.6 is 0 Å². The van der Waals surface area contributed by atoms with Crippen molar-refractivity contribution in [1.29, 1.82) is 0 Å². The van der Waals surface area contributed by atoms with Crippen LogP contribution in [0.1, 0.15) is 37.5 Å². The van der Waals surface area contributed by atoms with Gasteiger partial charge in [-0.05, 0) is 31.9 Å². The van der Waals surface area contributed by atoms with E-state index in [0.29, 0.717) is 50.9 Å². The second-order valence-electron chi connectivity index (χ2n) is 7.59. The molecule has 0 spiro atoms. The Bertz CT molecular complexity index is 1130. The van der Waals surface area contributed by atoms with Crippen LogP contribution in [0.15, 0.2) is 28.9 Å². The minimum absolute atomic E-state index is 0.109. The molecule has 4 heterocycles. The zero-order valence-corrected chi connectivity index (χ0v) is 17.0. The molecule has 5 rings (SSSR count). The molecule has 0 bridgehead atoms. The van der Waals surface area contributed by atoms with E-state index in [0.717, 1.165) is 16.5 Å². The van der Waals surface area contributed by atoms with Gasteiger partial charge in [0.25, 0.3) is 5.89 Å². The molecule has 0 aliphatic carbocycles. The number of hydrogen-bond donors (Lipinski definition) is 0. The number of piperidine rings is 1. The van der Waals surface area contributed by atoms with Gasteiger partial charge in [-0.2, -0.15) is 10.1 Å². The number of ether oxygens (including phenoxy) is 1. The van der Waals surface area contributed by atoms with Crippen molar-refractivity contribution in [1.82, 2.24) is 24.2 Å². The highest BCUT2D eigenvalue weighted by molar-refractivity contribution is 7.89. The van der Waals surface area contributed by atoms with Crippen LogP contribution in [0, 0.1) is 0 Å². The van der Waals surface area contributed by atoms with Crippen LogP contribution in [0.5, 0.6) is 0 Å². The molecule has 0 N–H and O–H groups in total. The van der Waals surface area contributed by atoms with E-state index in [1.807, 2.05) is 29.1 Å². The van der Waals surface area contributed by atoms with E-state index >= 15 is 0 Å². The fourth-order valence-corrected chi connectivity index (χ4v) is 5.05. The number of aromatic nitrogens is 4. The summed E-state index contributed by atoms with van der Waals surface area (Å²) >= 11 is 0. The van der Waals surface area contributed by atoms with Gasteiger partial charge in [0.1, 0.15) is 0 Å². The van der Waals surface area contributed by atoms with Crippen LogP contribution in [0.3, 0.4) is 0 Å². The lowest BCUT2D eigenvalue weighted by molar-refractivity contribution is -0.0266. The summed E-state index contributed by atoms with van der Waals surface area (Å²) < 4.78 is 38.4. The summed E-state index contributed by atoms with van der Waals surface area (Å²) in [7, 11) is -3.14. The molecule has 2 saturated heterocycles. The van der Waals surface area contributed by atoms with Crippen molar-refractivity contribution in [2.24, 2.45) is 0 Å². The Balaban J connectivity index is 1.35. The van der Waals surface area contributed by atoms with E-state index in [1.54, 1.807) is 11.2 Å². The smallest absolute Gasteiger partial charge is 0.258 e. The fourth-order valence-electron chi connectivity index (χ4n) is 3.92. The highest BCUT2D eigenvalue weighted by atomic mass is 32.2. The Morgan fingerprint density at radius 1 is 1.21 bits per heavy atom. The molecular weight excluding hydrogens is 394 g/mol. The third-order valence-electron chi connectivity index (χ3n) is 5.83. The van der Waals surface area contributed by atoms with Gasteiger partial charge < -0.3 is 9.26 Å². The predicted octanol–water partition coefficient (Wildman–Crippen LogP) is 2.19. The first kappa shape index (κ1) is 18.7. The molecule has 9 nitrogen and oxygen atoms in total.